The van der Waals surface area contributed by atoms with E-state index in [2.05, 4.69) is 15.0 Å². The molecule has 0 amide bonds. The minimum atomic E-state index is -3.54. The van der Waals surface area contributed by atoms with Crippen LogP contribution in [0.5, 0.6) is 0 Å². The fraction of sp³-hybridized carbons (Fsp3) is 0.750. The number of hydrogen-bond donors (Lipinski definition) is 2. The molecular weight excluding hydrogens is 334 g/mol. The van der Waals surface area contributed by atoms with Crippen molar-refractivity contribution < 1.29 is 13.2 Å². The zero-order valence-corrected chi connectivity index (χ0v) is 14.9. The normalized spacial score (nSPS) is 22.2. The Hall–Kier alpha value is -0.250. The third-order valence-electron chi connectivity index (χ3n) is 3.59. The van der Waals surface area contributed by atoms with E-state index < -0.39 is 10.0 Å². The van der Waals surface area contributed by atoms with Crippen LogP contribution in [0.1, 0.15) is 23.4 Å². The van der Waals surface area contributed by atoms with Crippen molar-refractivity contribution >= 4 is 33.8 Å². The molecule has 2 N–H and O–H groups in total. The lowest BCUT2D eigenvalue weighted by Gasteiger charge is -2.28. The summed E-state index contributed by atoms with van der Waals surface area (Å²) in [5.74, 6) is 0. The average Bonchev–Trinajstić information content (AvgIpc) is 2.97. The first kappa shape index (κ1) is 18.8. The molecule has 9 heteroatoms. The molecule has 0 saturated carbocycles. The molecule has 1 aliphatic heterocycles. The van der Waals surface area contributed by atoms with Gasteiger partial charge in [0, 0.05) is 18.5 Å². The van der Waals surface area contributed by atoms with Gasteiger partial charge < -0.3 is 10.1 Å². The molecule has 21 heavy (non-hydrogen) atoms. The second kappa shape index (κ2) is 7.34. The number of halogens is 1. The molecule has 1 saturated heterocycles. The molecule has 1 aromatic heterocycles. The van der Waals surface area contributed by atoms with Gasteiger partial charge in [-0.2, -0.15) is 0 Å². The van der Waals surface area contributed by atoms with Gasteiger partial charge in [0.25, 0.3) is 10.0 Å². The Kier molecular flexibility index (Phi) is 6.57. The number of aryl methyl sites for hydroxylation is 2. The summed E-state index contributed by atoms with van der Waals surface area (Å²) >= 11 is 1.20. The van der Waals surface area contributed by atoms with E-state index in [-0.39, 0.29) is 22.3 Å². The molecule has 1 fully saturated rings. The minimum absolute atomic E-state index is 0. The van der Waals surface area contributed by atoms with E-state index in [1.165, 1.54) is 11.3 Å². The molecular formula is C12H22ClN3O3S2. The number of sulfonamides is 1. The first-order valence-corrected chi connectivity index (χ1v) is 8.86. The van der Waals surface area contributed by atoms with Gasteiger partial charge in [0.05, 0.1) is 17.8 Å². The summed E-state index contributed by atoms with van der Waals surface area (Å²) in [6, 6.07) is 0. The highest BCUT2D eigenvalue weighted by atomic mass is 35.5. The Labute approximate surface area is 136 Å². The summed E-state index contributed by atoms with van der Waals surface area (Å²) in [6.07, 6.45) is 1.93. The van der Waals surface area contributed by atoms with Crippen LogP contribution in [-0.4, -0.2) is 45.7 Å². The van der Waals surface area contributed by atoms with Crippen molar-refractivity contribution in [2.75, 3.05) is 26.8 Å². The lowest BCUT2D eigenvalue weighted by molar-refractivity contribution is 0.122. The summed E-state index contributed by atoms with van der Waals surface area (Å²) in [6.45, 7) is 5.39. The van der Waals surface area contributed by atoms with Gasteiger partial charge in [-0.05, 0) is 33.2 Å². The Bertz CT molecular complexity index is 549. The first-order chi connectivity index (χ1) is 9.38. The van der Waals surface area contributed by atoms with Crippen molar-refractivity contribution in [3.05, 3.63) is 10.6 Å². The summed E-state index contributed by atoms with van der Waals surface area (Å²) in [7, 11) is -1.92. The van der Waals surface area contributed by atoms with Crippen LogP contribution in [0.2, 0.25) is 0 Å². The average molecular weight is 356 g/mol. The zero-order chi connectivity index (χ0) is 14.8. The highest BCUT2D eigenvalue weighted by molar-refractivity contribution is 7.91. The Balaban J connectivity index is 0.00000220. The number of nitrogens with one attached hydrogen (secondary N) is 2. The van der Waals surface area contributed by atoms with Gasteiger partial charge in [0.1, 0.15) is 0 Å². The van der Waals surface area contributed by atoms with Crippen LogP contribution in [0.4, 0.5) is 0 Å². The van der Waals surface area contributed by atoms with E-state index in [1.54, 1.807) is 7.11 Å². The lowest BCUT2D eigenvalue weighted by Crippen LogP contribution is -2.52. The van der Waals surface area contributed by atoms with Crippen molar-refractivity contribution in [3.8, 4) is 0 Å². The molecule has 1 unspecified atom stereocenters. The number of thiazole rings is 1. The molecule has 0 bridgehead atoms. The van der Waals surface area contributed by atoms with Crippen LogP contribution < -0.4 is 10.0 Å². The van der Waals surface area contributed by atoms with Crippen LogP contribution >= 0.6 is 23.7 Å². The highest BCUT2D eigenvalue weighted by Crippen LogP contribution is 2.23. The Morgan fingerprint density at radius 1 is 1.48 bits per heavy atom. The predicted octanol–water partition coefficient (Wildman–Crippen LogP) is 1.23. The smallest absolute Gasteiger partial charge is 0.267 e. The largest absolute Gasteiger partial charge is 0.383 e. The van der Waals surface area contributed by atoms with Gasteiger partial charge in [0.15, 0.2) is 0 Å². The summed E-state index contributed by atoms with van der Waals surface area (Å²) < 4.78 is 32.5. The number of ether oxygens (including phenoxy) is 1. The second-order valence-corrected chi connectivity index (χ2v) is 8.33. The van der Waals surface area contributed by atoms with Crippen molar-refractivity contribution in [2.45, 2.75) is 36.6 Å². The number of methoxy groups -OCH3 is 1. The van der Waals surface area contributed by atoms with E-state index in [0.717, 1.165) is 30.0 Å². The van der Waals surface area contributed by atoms with Crippen LogP contribution in [-0.2, 0) is 14.8 Å². The number of rotatable bonds is 6. The Morgan fingerprint density at radius 2 is 2.19 bits per heavy atom. The van der Waals surface area contributed by atoms with Crippen LogP contribution in [0, 0.1) is 13.8 Å². The third-order valence-corrected chi connectivity index (χ3v) is 6.44. The molecule has 0 spiro atoms. The first-order valence-electron chi connectivity index (χ1n) is 6.56. The van der Waals surface area contributed by atoms with Crippen molar-refractivity contribution in [2.24, 2.45) is 0 Å². The third kappa shape index (κ3) is 4.37. The number of aromatic nitrogens is 1. The molecule has 0 aliphatic carbocycles. The van der Waals surface area contributed by atoms with E-state index in [1.807, 2.05) is 13.8 Å². The zero-order valence-electron chi connectivity index (χ0n) is 12.4. The van der Waals surface area contributed by atoms with Gasteiger partial charge >= 0.3 is 0 Å². The molecule has 2 rings (SSSR count). The highest BCUT2D eigenvalue weighted by Gasteiger charge is 2.35. The van der Waals surface area contributed by atoms with E-state index in [9.17, 15) is 8.42 Å². The maximum atomic E-state index is 12.3. The predicted molar refractivity (Wildman–Crippen MR) is 85.9 cm³/mol. The maximum absolute atomic E-state index is 12.3. The van der Waals surface area contributed by atoms with Crippen molar-refractivity contribution in [1.29, 1.82) is 0 Å². The van der Waals surface area contributed by atoms with Crippen LogP contribution in [0.25, 0.3) is 0 Å². The van der Waals surface area contributed by atoms with Gasteiger partial charge in [-0.1, -0.05) is 0 Å². The number of hydrogen-bond acceptors (Lipinski definition) is 6. The molecule has 1 aliphatic rings. The molecule has 2 heterocycles. The number of nitrogens with zero attached hydrogens (tertiary/aromatic N) is 1. The van der Waals surface area contributed by atoms with Gasteiger partial charge in [0.2, 0.25) is 4.34 Å². The monoisotopic (exact) mass is 355 g/mol. The fourth-order valence-corrected chi connectivity index (χ4v) is 4.80. The molecule has 1 aromatic rings. The SMILES string of the molecule is COCC1(CNS(=O)(=O)c2nc(C)c(C)s2)CCCN1.Cl. The minimum Gasteiger partial charge on any atom is -0.383 e. The van der Waals surface area contributed by atoms with E-state index >= 15 is 0 Å². The summed E-state index contributed by atoms with van der Waals surface area (Å²) in [5.41, 5.74) is 0.462. The lowest BCUT2D eigenvalue weighted by atomic mass is 9.99. The maximum Gasteiger partial charge on any atom is 0.267 e. The molecule has 0 radical (unpaired) electrons. The fourth-order valence-electron chi connectivity index (χ4n) is 2.32. The Morgan fingerprint density at radius 3 is 2.67 bits per heavy atom. The van der Waals surface area contributed by atoms with Gasteiger partial charge in [-0.3, -0.25) is 0 Å². The molecule has 122 valence electrons. The van der Waals surface area contributed by atoms with Crippen LogP contribution in [0.3, 0.4) is 0 Å². The summed E-state index contributed by atoms with van der Waals surface area (Å²) in [5, 5.41) is 3.34. The van der Waals surface area contributed by atoms with E-state index in [4.69, 9.17) is 4.74 Å². The van der Waals surface area contributed by atoms with Gasteiger partial charge in [-0.25, -0.2) is 18.1 Å². The van der Waals surface area contributed by atoms with Crippen molar-refractivity contribution in [3.63, 3.8) is 0 Å². The van der Waals surface area contributed by atoms with E-state index in [0.29, 0.717) is 13.2 Å². The van der Waals surface area contributed by atoms with Crippen molar-refractivity contribution in [1.82, 2.24) is 15.0 Å². The molecule has 1 atom stereocenters. The molecule has 0 aromatic carbocycles. The van der Waals surface area contributed by atoms with Gasteiger partial charge in [-0.15, -0.1) is 23.7 Å². The van der Waals surface area contributed by atoms with Crippen LogP contribution in [0.15, 0.2) is 4.34 Å². The standard InChI is InChI=1S/C12H21N3O3S2.ClH/c1-9-10(2)19-11(15-9)20(16,17)14-7-12(8-18-3)5-4-6-13-12;/h13-14H,4-8H2,1-3H3;1H. The molecule has 6 nitrogen and oxygen atoms in total. The topological polar surface area (TPSA) is 80.3 Å². The quantitative estimate of drug-likeness (QED) is 0.802. The summed E-state index contributed by atoms with van der Waals surface area (Å²) in [4.78, 5) is 5.04. The second-order valence-electron chi connectivity index (χ2n) is 5.19.